The quantitative estimate of drug-likeness (QED) is 0.773. The number of rotatable bonds is 3. The summed E-state index contributed by atoms with van der Waals surface area (Å²) in [5.41, 5.74) is 1.57. The summed E-state index contributed by atoms with van der Waals surface area (Å²) in [4.78, 5) is 0. The SMILES string of the molecule is Cc1cccc(NC(C)C(C)(C)O)c1. The molecule has 2 heteroatoms. The summed E-state index contributed by atoms with van der Waals surface area (Å²) in [5.74, 6) is 0. The maximum Gasteiger partial charge on any atom is 0.0789 e. The van der Waals surface area contributed by atoms with E-state index in [9.17, 15) is 5.11 Å². The summed E-state index contributed by atoms with van der Waals surface area (Å²) >= 11 is 0. The lowest BCUT2D eigenvalue weighted by molar-refractivity contribution is 0.0649. The number of aryl methyl sites for hydroxylation is 1. The van der Waals surface area contributed by atoms with Crippen molar-refractivity contribution in [3.05, 3.63) is 29.8 Å². The van der Waals surface area contributed by atoms with E-state index in [1.54, 1.807) is 13.8 Å². The van der Waals surface area contributed by atoms with E-state index in [1.807, 2.05) is 19.1 Å². The largest absolute Gasteiger partial charge is 0.388 e. The van der Waals surface area contributed by atoms with Crippen molar-refractivity contribution in [3.63, 3.8) is 0 Å². The zero-order valence-corrected chi connectivity index (χ0v) is 9.33. The molecule has 14 heavy (non-hydrogen) atoms. The Balaban J connectivity index is 2.70. The number of benzene rings is 1. The van der Waals surface area contributed by atoms with E-state index >= 15 is 0 Å². The van der Waals surface area contributed by atoms with Crippen LogP contribution in [0, 0.1) is 6.92 Å². The monoisotopic (exact) mass is 193 g/mol. The minimum Gasteiger partial charge on any atom is -0.388 e. The van der Waals surface area contributed by atoms with Crippen molar-refractivity contribution < 1.29 is 5.11 Å². The summed E-state index contributed by atoms with van der Waals surface area (Å²) in [7, 11) is 0. The Morgan fingerprint density at radius 3 is 2.50 bits per heavy atom. The lowest BCUT2D eigenvalue weighted by Crippen LogP contribution is -2.39. The molecule has 0 spiro atoms. The smallest absolute Gasteiger partial charge is 0.0789 e. The minimum atomic E-state index is -0.705. The van der Waals surface area contributed by atoms with E-state index < -0.39 is 5.60 Å². The molecule has 0 amide bonds. The highest BCUT2D eigenvalue weighted by Gasteiger charge is 2.21. The molecule has 0 heterocycles. The Hall–Kier alpha value is -1.02. The Kier molecular flexibility index (Phi) is 3.17. The third-order valence-electron chi connectivity index (χ3n) is 2.46. The van der Waals surface area contributed by atoms with Crippen molar-refractivity contribution >= 4 is 5.69 Å². The number of nitrogens with one attached hydrogen (secondary N) is 1. The molecule has 0 saturated heterocycles. The highest BCUT2D eigenvalue weighted by molar-refractivity contribution is 5.46. The van der Waals surface area contributed by atoms with Gasteiger partial charge in [0.1, 0.15) is 0 Å². The van der Waals surface area contributed by atoms with Gasteiger partial charge in [0, 0.05) is 5.69 Å². The van der Waals surface area contributed by atoms with Crippen LogP contribution in [0.3, 0.4) is 0 Å². The number of hydrogen-bond acceptors (Lipinski definition) is 2. The van der Waals surface area contributed by atoms with Gasteiger partial charge in [-0.15, -0.1) is 0 Å². The molecule has 0 aliphatic heterocycles. The second kappa shape index (κ2) is 4.01. The topological polar surface area (TPSA) is 32.3 Å². The van der Waals surface area contributed by atoms with Gasteiger partial charge in [-0.3, -0.25) is 0 Å². The molecule has 0 aliphatic carbocycles. The number of hydrogen-bond donors (Lipinski definition) is 2. The average molecular weight is 193 g/mol. The van der Waals surface area contributed by atoms with Crippen LogP contribution in [0.5, 0.6) is 0 Å². The van der Waals surface area contributed by atoms with E-state index in [1.165, 1.54) is 5.56 Å². The summed E-state index contributed by atoms with van der Waals surface area (Å²) < 4.78 is 0. The molecule has 1 atom stereocenters. The van der Waals surface area contributed by atoms with Crippen LogP contribution < -0.4 is 5.32 Å². The fourth-order valence-corrected chi connectivity index (χ4v) is 1.16. The molecule has 0 bridgehead atoms. The van der Waals surface area contributed by atoms with Gasteiger partial charge in [-0.05, 0) is 45.4 Å². The van der Waals surface area contributed by atoms with E-state index in [0.29, 0.717) is 0 Å². The van der Waals surface area contributed by atoms with Crippen LogP contribution in [-0.2, 0) is 0 Å². The predicted octanol–water partition coefficient (Wildman–Crippen LogP) is 2.57. The van der Waals surface area contributed by atoms with Crippen molar-refractivity contribution in [3.8, 4) is 0 Å². The standard InChI is InChI=1S/C12H19NO/c1-9-6-5-7-11(8-9)13-10(2)12(3,4)14/h5-8,10,13-14H,1-4H3. The third-order valence-corrected chi connectivity index (χ3v) is 2.46. The first kappa shape index (κ1) is 11.1. The van der Waals surface area contributed by atoms with Crippen LogP contribution in [0.25, 0.3) is 0 Å². The molecule has 1 aromatic carbocycles. The molecule has 0 aromatic heterocycles. The molecular formula is C12H19NO. The summed E-state index contributed by atoms with van der Waals surface area (Å²) in [6.45, 7) is 7.64. The zero-order valence-electron chi connectivity index (χ0n) is 9.33. The number of anilines is 1. The van der Waals surface area contributed by atoms with Crippen molar-refractivity contribution in [1.82, 2.24) is 0 Å². The molecule has 2 N–H and O–H groups in total. The molecule has 78 valence electrons. The minimum absolute atomic E-state index is 0.0318. The van der Waals surface area contributed by atoms with Crippen LogP contribution in [-0.4, -0.2) is 16.7 Å². The fourth-order valence-electron chi connectivity index (χ4n) is 1.16. The van der Waals surface area contributed by atoms with E-state index in [-0.39, 0.29) is 6.04 Å². The maximum atomic E-state index is 9.75. The average Bonchev–Trinajstić information content (AvgIpc) is 2.02. The van der Waals surface area contributed by atoms with Crippen molar-refractivity contribution in [1.29, 1.82) is 0 Å². The Morgan fingerprint density at radius 1 is 1.36 bits per heavy atom. The summed E-state index contributed by atoms with van der Waals surface area (Å²) in [5, 5.41) is 13.0. The molecule has 1 rings (SSSR count). The molecule has 2 nitrogen and oxygen atoms in total. The zero-order chi connectivity index (χ0) is 10.8. The molecule has 0 saturated carbocycles. The lowest BCUT2D eigenvalue weighted by Gasteiger charge is -2.27. The van der Waals surface area contributed by atoms with Crippen molar-refractivity contribution in [2.45, 2.75) is 39.3 Å². The molecule has 0 radical (unpaired) electrons. The van der Waals surface area contributed by atoms with Crippen molar-refractivity contribution in [2.24, 2.45) is 0 Å². The van der Waals surface area contributed by atoms with Crippen LogP contribution in [0.15, 0.2) is 24.3 Å². The second-order valence-electron chi connectivity index (χ2n) is 4.39. The van der Waals surface area contributed by atoms with Gasteiger partial charge >= 0.3 is 0 Å². The van der Waals surface area contributed by atoms with E-state index in [0.717, 1.165) is 5.69 Å². The first-order chi connectivity index (χ1) is 6.39. The Labute approximate surface area is 86.0 Å². The van der Waals surface area contributed by atoms with Crippen LogP contribution >= 0.6 is 0 Å². The normalized spacial score (nSPS) is 13.8. The van der Waals surface area contributed by atoms with Crippen LogP contribution in [0.4, 0.5) is 5.69 Å². The summed E-state index contributed by atoms with van der Waals surface area (Å²) in [6, 6.07) is 8.18. The molecule has 1 unspecified atom stereocenters. The van der Waals surface area contributed by atoms with Gasteiger partial charge in [-0.2, -0.15) is 0 Å². The predicted molar refractivity (Wildman–Crippen MR) is 60.6 cm³/mol. The highest BCUT2D eigenvalue weighted by Crippen LogP contribution is 2.16. The lowest BCUT2D eigenvalue weighted by atomic mass is 10.0. The first-order valence-electron chi connectivity index (χ1n) is 4.95. The Morgan fingerprint density at radius 2 is 2.00 bits per heavy atom. The second-order valence-corrected chi connectivity index (χ2v) is 4.39. The highest BCUT2D eigenvalue weighted by atomic mass is 16.3. The molecule has 0 aliphatic rings. The molecule has 1 aromatic rings. The fraction of sp³-hybridized carbons (Fsp3) is 0.500. The Bertz CT molecular complexity index is 301. The summed E-state index contributed by atoms with van der Waals surface area (Å²) in [6.07, 6.45) is 0. The van der Waals surface area contributed by atoms with Gasteiger partial charge < -0.3 is 10.4 Å². The third kappa shape index (κ3) is 3.04. The van der Waals surface area contributed by atoms with Gasteiger partial charge in [-0.25, -0.2) is 0 Å². The van der Waals surface area contributed by atoms with Gasteiger partial charge in [0.15, 0.2) is 0 Å². The van der Waals surface area contributed by atoms with Gasteiger partial charge in [0.05, 0.1) is 11.6 Å². The van der Waals surface area contributed by atoms with E-state index in [4.69, 9.17) is 0 Å². The molecular weight excluding hydrogens is 174 g/mol. The number of aliphatic hydroxyl groups is 1. The van der Waals surface area contributed by atoms with Crippen molar-refractivity contribution in [2.75, 3.05) is 5.32 Å². The van der Waals surface area contributed by atoms with Crippen LogP contribution in [0.1, 0.15) is 26.3 Å². The van der Waals surface area contributed by atoms with Gasteiger partial charge in [0.25, 0.3) is 0 Å². The van der Waals surface area contributed by atoms with Gasteiger partial charge in [-0.1, -0.05) is 12.1 Å². The van der Waals surface area contributed by atoms with Gasteiger partial charge in [0.2, 0.25) is 0 Å². The first-order valence-corrected chi connectivity index (χ1v) is 4.95. The van der Waals surface area contributed by atoms with Crippen LogP contribution in [0.2, 0.25) is 0 Å². The maximum absolute atomic E-state index is 9.75. The van der Waals surface area contributed by atoms with E-state index in [2.05, 4.69) is 24.4 Å². The molecule has 0 fully saturated rings.